The van der Waals surface area contributed by atoms with Crippen molar-refractivity contribution < 1.29 is 0 Å². The van der Waals surface area contributed by atoms with Crippen LogP contribution in [0.25, 0.3) is 0 Å². The fourth-order valence-electron chi connectivity index (χ4n) is 2.06. The quantitative estimate of drug-likeness (QED) is 0.657. The minimum absolute atomic E-state index is 0.809. The van der Waals surface area contributed by atoms with Crippen LogP contribution >= 0.6 is 0 Å². The van der Waals surface area contributed by atoms with Crippen LogP contribution in [-0.4, -0.2) is 17.5 Å². The first-order valence-electron chi connectivity index (χ1n) is 6.26. The van der Waals surface area contributed by atoms with Gasteiger partial charge in [0.2, 0.25) is 0 Å². The van der Waals surface area contributed by atoms with Crippen LogP contribution < -0.4 is 0 Å². The third-order valence-corrected chi connectivity index (χ3v) is 3.24. The molecule has 0 radical (unpaired) electrons. The summed E-state index contributed by atoms with van der Waals surface area (Å²) in [7, 11) is 0. The van der Waals surface area contributed by atoms with Crippen LogP contribution in [0.15, 0.2) is 36.9 Å². The highest BCUT2D eigenvalue weighted by Gasteiger charge is 2.27. The summed E-state index contributed by atoms with van der Waals surface area (Å²) in [6.45, 7) is 8.12. The molecule has 1 aliphatic carbocycles. The molecule has 86 valence electrons. The largest absolute Gasteiger partial charge is 0.292 e. The highest BCUT2D eigenvalue weighted by molar-refractivity contribution is 5.22. The van der Waals surface area contributed by atoms with Crippen LogP contribution in [-0.2, 0) is 13.0 Å². The first kappa shape index (κ1) is 11.4. The van der Waals surface area contributed by atoms with E-state index in [0.29, 0.717) is 0 Å². The lowest BCUT2D eigenvalue weighted by atomic mass is 10.1. The maximum Gasteiger partial charge on any atom is 0.0239 e. The maximum absolute atomic E-state index is 3.84. The van der Waals surface area contributed by atoms with Gasteiger partial charge in [-0.15, -0.1) is 6.58 Å². The van der Waals surface area contributed by atoms with Gasteiger partial charge in [-0.3, -0.25) is 4.90 Å². The van der Waals surface area contributed by atoms with E-state index in [2.05, 4.69) is 42.7 Å². The smallest absolute Gasteiger partial charge is 0.0239 e. The van der Waals surface area contributed by atoms with Crippen molar-refractivity contribution in [3.63, 3.8) is 0 Å². The van der Waals surface area contributed by atoms with Gasteiger partial charge in [-0.2, -0.15) is 0 Å². The number of hydrogen-bond donors (Lipinski definition) is 0. The van der Waals surface area contributed by atoms with Crippen molar-refractivity contribution >= 4 is 0 Å². The number of benzene rings is 1. The lowest BCUT2D eigenvalue weighted by Crippen LogP contribution is -2.25. The van der Waals surface area contributed by atoms with E-state index >= 15 is 0 Å². The average Bonchev–Trinajstić information content (AvgIpc) is 3.13. The fraction of sp³-hybridized carbons (Fsp3) is 0.467. The van der Waals surface area contributed by atoms with Gasteiger partial charge in [-0.05, 0) is 30.4 Å². The van der Waals surface area contributed by atoms with E-state index in [1.54, 1.807) is 0 Å². The van der Waals surface area contributed by atoms with Crippen molar-refractivity contribution in [1.29, 1.82) is 0 Å². The Morgan fingerprint density at radius 3 is 2.38 bits per heavy atom. The van der Waals surface area contributed by atoms with Gasteiger partial charge in [-0.1, -0.05) is 37.3 Å². The predicted octanol–water partition coefficient (Wildman–Crippen LogP) is 3.40. The van der Waals surface area contributed by atoms with Gasteiger partial charge in [0.15, 0.2) is 0 Å². The number of rotatable bonds is 6. The van der Waals surface area contributed by atoms with Crippen LogP contribution in [0.3, 0.4) is 0 Å². The van der Waals surface area contributed by atoms with Crippen LogP contribution in [0.5, 0.6) is 0 Å². The summed E-state index contributed by atoms with van der Waals surface area (Å²) in [5.41, 5.74) is 2.84. The lowest BCUT2D eigenvalue weighted by Gasteiger charge is -2.20. The zero-order chi connectivity index (χ0) is 11.4. The van der Waals surface area contributed by atoms with E-state index in [1.165, 1.54) is 24.0 Å². The molecular weight excluding hydrogens is 194 g/mol. The normalized spacial score (nSPS) is 15.4. The van der Waals surface area contributed by atoms with Gasteiger partial charge in [-0.25, -0.2) is 0 Å². The Balaban J connectivity index is 1.97. The molecule has 0 aromatic heterocycles. The molecule has 0 spiro atoms. The Morgan fingerprint density at radius 1 is 1.25 bits per heavy atom. The summed E-state index contributed by atoms with van der Waals surface area (Å²) < 4.78 is 0. The second kappa shape index (κ2) is 5.31. The molecule has 0 atom stereocenters. The van der Waals surface area contributed by atoms with Gasteiger partial charge in [0.1, 0.15) is 0 Å². The van der Waals surface area contributed by atoms with Gasteiger partial charge in [0, 0.05) is 19.1 Å². The SMILES string of the molecule is C=CCN(Cc1ccc(CC)cc1)C1CC1. The molecule has 1 fully saturated rings. The second-order valence-corrected chi connectivity index (χ2v) is 4.62. The first-order valence-corrected chi connectivity index (χ1v) is 6.26. The van der Waals surface area contributed by atoms with E-state index in [-0.39, 0.29) is 0 Å². The maximum atomic E-state index is 3.84. The fourth-order valence-corrected chi connectivity index (χ4v) is 2.06. The summed E-state index contributed by atoms with van der Waals surface area (Å²) in [5, 5.41) is 0. The van der Waals surface area contributed by atoms with E-state index < -0.39 is 0 Å². The van der Waals surface area contributed by atoms with Crippen molar-refractivity contribution in [3.05, 3.63) is 48.0 Å². The molecule has 0 aliphatic heterocycles. The minimum atomic E-state index is 0.809. The Morgan fingerprint density at radius 2 is 1.88 bits per heavy atom. The van der Waals surface area contributed by atoms with E-state index in [9.17, 15) is 0 Å². The summed E-state index contributed by atoms with van der Waals surface area (Å²) in [6.07, 6.45) is 5.86. The molecule has 16 heavy (non-hydrogen) atoms. The second-order valence-electron chi connectivity index (χ2n) is 4.62. The van der Waals surface area contributed by atoms with E-state index in [0.717, 1.165) is 25.6 Å². The molecule has 1 aromatic rings. The Kier molecular flexibility index (Phi) is 3.79. The highest BCUT2D eigenvalue weighted by Crippen LogP contribution is 2.28. The summed E-state index contributed by atoms with van der Waals surface area (Å²) in [4.78, 5) is 2.52. The third-order valence-electron chi connectivity index (χ3n) is 3.24. The number of hydrogen-bond acceptors (Lipinski definition) is 1. The van der Waals surface area contributed by atoms with Gasteiger partial charge in [0.25, 0.3) is 0 Å². The molecule has 0 amide bonds. The minimum Gasteiger partial charge on any atom is -0.292 e. The molecule has 0 bridgehead atoms. The topological polar surface area (TPSA) is 3.24 Å². The summed E-state index contributed by atoms with van der Waals surface area (Å²) in [5.74, 6) is 0. The molecular formula is C15H21N. The molecule has 1 nitrogen and oxygen atoms in total. The molecule has 0 saturated heterocycles. The van der Waals surface area contributed by atoms with Crippen LogP contribution in [0, 0.1) is 0 Å². The van der Waals surface area contributed by atoms with E-state index in [1.807, 2.05) is 6.08 Å². The predicted molar refractivity (Wildman–Crippen MR) is 69.4 cm³/mol. The average molecular weight is 215 g/mol. The molecule has 1 aliphatic rings. The van der Waals surface area contributed by atoms with Crippen molar-refractivity contribution in [2.24, 2.45) is 0 Å². The third kappa shape index (κ3) is 2.96. The Labute approximate surface area is 98.8 Å². The molecule has 2 rings (SSSR count). The van der Waals surface area contributed by atoms with Crippen LogP contribution in [0.2, 0.25) is 0 Å². The zero-order valence-corrected chi connectivity index (χ0v) is 10.2. The van der Waals surface area contributed by atoms with Gasteiger partial charge < -0.3 is 0 Å². The highest BCUT2D eigenvalue weighted by atomic mass is 15.2. The molecule has 0 unspecified atom stereocenters. The van der Waals surface area contributed by atoms with Crippen molar-refractivity contribution in [2.45, 2.75) is 38.8 Å². The summed E-state index contributed by atoms with van der Waals surface area (Å²) in [6, 6.07) is 9.82. The first-order chi connectivity index (χ1) is 7.83. The summed E-state index contributed by atoms with van der Waals surface area (Å²) >= 11 is 0. The van der Waals surface area contributed by atoms with Crippen molar-refractivity contribution in [3.8, 4) is 0 Å². The van der Waals surface area contributed by atoms with Crippen molar-refractivity contribution in [2.75, 3.05) is 6.54 Å². The molecule has 1 aromatic carbocycles. The molecule has 1 heteroatoms. The zero-order valence-electron chi connectivity index (χ0n) is 10.2. The van der Waals surface area contributed by atoms with Crippen LogP contribution in [0.1, 0.15) is 30.9 Å². The Hall–Kier alpha value is -1.08. The Bertz CT molecular complexity index is 335. The standard InChI is InChI=1S/C15H21N/c1-3-11-16(15-9-10-15)12-14-7-5-13(4-2)6-8-14/h3,5-8,15H,1,4,9-12H2,2H3. The number of nitrogens with zero attached hydrogens (tertiary/aromatic N) is 1. The van der Waals surface area contributed by atoms with Crippen molar-refractivity contribution in [1.82, 2.24) is 4.90 Å². The van der Waals surface area contributed by atoms with Crippen LogP contribution in [0.4, 0.5) is 0 Å². The van der Waals surface area contributed by atoms with Gasteiger partial charge >= 0.3 is 0 Å². The molecule has 1 saturated carbocycles. The van der Waals surface area contributed by atoms with Gasteiger partial charge in [0.05, 0.1) is 0 Å². The lowest BCUT2D eigenvalue weighted by molar-refractivity contribution is 0.284. The monoisotopic (exact) mass is 215 g/mol. The molecule has 0 N–H and O–H groups in total. The molecule has 0 heterocycles. The number of aryl methyl sites for hydroxylation is 1. The van der Waals surface area contributed by atoms with E-state index in [4.69, 9.17) is 0 Å².